The summed E-state index contributed by atoms with van der Waals surface area (Å²) in [6.45, 7) is 9.97. The molecule has 3 N–H and O–H groups in total. The van der Waals surface area contributed by atoms with Crippen molar-refractivity contribution in [2.75, 3.05) is 44.2 Å². The number of hydrogen-bond acceptors (Lipinski definition) is 10. The number of pyridine rings is 1. The van der Waals surface area contributed by atoms with Crippen molar-refractivity contribution >= 4 is 61.3 Å². The highest BCUT2D eigenvalue weighted by atomic mass is 35.5. The van der Waals surface area contributed by atoms with Crippen molar-refractivity contribution in [3.05, 3.63) is 106 Å². The number of aromatic nitrogens is 3. The van der Waals surface area contributed by atoms with Gasteiger partial charge >= 0.3 is 0 Å². The minimum atomic E-state index is -4.50. The predicted molar refractivity (Wildman–Crippen MR) is 240 cm³/mol. The van der Waals surface area contributed by atoms with Gasteiger partial charge in [-0.15, -0.1) is 0 Å². The molecule has 2 aromatic heterocycles. The number of sulfonamides is 1. The first kappa shape index (κ1) is 43.9. The van der Waals surface area contributed by atoms with Crippen LogP contribution in [0.5, 0.6) is 17.4 Å². The van der Waals surface area contributed by atoms with Gasteiger partial charge in [0.1, 0.15) is 33.7 Å². The third-order valence-corrected chi connectivity index (χ3v) is 14.2. The van der Waals surface area contributed by atoms with E-state index < -0.39 is 27.2 Å². The Morgan fingerprint density at radius 2 is 1.68 bits per heavy atom. The number of alkyl halides is 1. The third kappa shape index (κ3) is 10.0. The normalized spacial score (nSPS) is 22.1. The van der Waals surface area contributed by atoms with Crippen LogP contribution in [0.3, 0.4) is 0 Å². The van der Waals surface area contributed by atoms with Gasteiger partial charge in [-0.25, -0.2) is 22.5 Å². The van der Waals surface area contributed by atoms with Gasteiger partial charge in [-0.2, -0.15) is 5.10 Å². The largest absolute Gasteiger partial charge is 0.473 e. The Labute approximate surface area is 371 Å². The van der Waals surface area contributed by atoms with Crippen molar-refractivity contribution in [1.82, 2.24) is 24.8 Å². The van der Waals surface area contributed by atoms with E-state index >= 15 is 4.39 Å². The Morgan fingerprint density at radius 3 is 2.40 bits per heavy atom. The van der Waals surface area contributed by atoms with E-state index in [9.17, 15) is 18.3 Å². The Hall–Kier alpha value is -4.73. The number of benzene rings is 3. The number of rotatable bonds is 12. The molecule has 1 saturated heterocycles. The van der Waals surface area contributed by atoms with E-state index in [-0.39, 0.29) is 64.8 Å². The van der Waals surface area contributed by atoms with E-state index in [0.29, 0.717) is 11.1 Å². The molecule has 8 rings (SSSR count). The summed E-state index contributed by atoms with van der Waals surface area (Å²) in [6, 6.07) is 19.8. The van der Waals surface area contributed by atoms with Crippen LogP contribution in [0.4, 0.5) is 10.1 Å². The molecule has 1 aliphatic heterocycles. The van der Waals surface area contributed by atoms with Crippen molar-refractivity contribution in [2.24, 2.45) is 5.41 Å². The van der Waals surface area contributed by atoms with Crippen LogP contribution < -0.4 is 19.1 Å². The van der Waals surface area contributed by atoms with Gasteiger partial charge < -0.3 is 19.5 Å². The Bertz CT molecular complexity index is 2600. The Balaban J connectivity index is 0.984. The number of H-pyrrole nitrogens is 1. The molecule has 0 radical (unpaired) electrons. The second-order valence-electron chi connectivity index (χ2n) is 17.9. The maximum Gasteiger partial charge on any atom is 0.268 e. The van der Waals surface area contributed by atoms with Gasteiger partial charge in [0.25, 0.3) is 15.9 Å². The maximum atomic E-state index is 15.4. The number of aromatic amines is 1. The van der Waals surface area contributed by atoms with Gasteiger partial charge in [-0.3, -0.25) is 14.8 Å². The molecule has 62 heavy (non-hydrogen) atoms. The summed E-state index contributed by atoms with van der Waals surface area (Å²) in [4.78, 5) is 22.3. The molecule has 0 bridgehead atoms. The standard InChI is InChI=1S/C46H51Cl2FN6O6S/c1-44(2)14-13-31(36(25-44)30-7-9-32(47)10-8-30)28-54-19-21-55(22-20-54)33-11-12-35(41(23-33)61-40-6-4-5-39-37(40)27-51-52-39)42(56)53-62(58,59)34-24-38(48)43(50-26-34)60-29-46(49)17-15-45(3,57)16-18-46/h4-12,23-24,26-27,57H,13-22,25,28-29H2,1-3H3,(H,51,52)(H,53,56)/t45-,46+. The second kappa shape index (κ2) is 17.4. The molecule has 2 aliphatic carbocycles. The molecule has 328 valence electrons. The zero-order valence-corrected chi connectivity index (χ0v) is 37.3. The molecule has 5 aromatic rings. The fourth-order valence-electron chi connectivity index (χ4n) is 8.50. The van der Waals surface area contributed by atoms with Crippen LogP contribution in [0.25, 0.3) is 16.5 Å². The number of allylic oxidation sites excluding steroid dienone is 1. The van der Waals surface area contributed by atoms with E-state index in [1.54, 1.807) is 43.5 Å². The van der Waals surface area contributed by atoms with Crippen molar-refractivity contribution in [3.63, 3.8) is 0 Å². The molecule has 0 atom stereocenters. The lowest BCUT2D eigenvalue weighted by Crippen LogP contribution is -2.47. The molecule has 1 saturated carbocycles. The van der Waals surface area contributed by atoms with Crippen molar-refractivity contribution < 1.29 is 32.2 Å². The summed E-state index contributed by atoms with van der Waals surface area (Å²) in [6.07, 6.45) is 6.57. The fourth-order valence-corrected chi connectivity index (χ4v) is 9.85. The van der Waals surface area contributed by atoms with E-state index in [1.165, 1.54) is 16.7 Å². The van der Waals surface area contributed by atoms with Gasteiger partial charge in [-0.05, 0) is 111 Å². The summed E-state index contributed by atoms with van der Waals surface area (Å²) in [5.74, 6) is -0.501. The van der Waals surface area contributed by atoms with Crippen LogP contribution in [-0.4, -0.2) is 90.1 Å². The number of ether oxygens (including phenoxy) is 2. The van der Waals surface area contributed by atoms with Gasteiger partial charge in [-0.1, -0.05) is 60.8 Å². The van der Waals surface area contributed by atoms with E-state index in [0.717, 1.165) is 80.5 Å². The van der Waals surface area contributed by atoms with Crippen molar-refractivity contribution in [1.29, 1.82) is 0 Å². The number of amides is 1. The lowest BCUT2D eigenvalue weighted by molar-refractivity contribution is -0.0483. The van der Waals surface area contributed by atoms with Gasteiger partial charge in [0, 0.05) is 49.5 Å². The molecule has 0 spiro atoms. The third-order valence-electron chi connectivity index (χ3n) is 12.4. The summed E-state index contributed by atoms with van der Waals surface area (Å²) in [5, 5.41) is 18.5. The summed E-state index contributed by atoms with van der Waals surface area (Å²) in [5.41, 5.74) is 3.25. The summed E-state index contributed by atoms with van der Waals surface area (Å²) in [7, 11) is -4.50. The van der Waals surface area contributed by atoms with Crippen LogP contribution >= 0.6 is 23.2 Å². The first-order valence-electron chi connectivity index (χ1n) is 20.9. The monoisotopic (exact) mass is 904 g/mol. The Kier molecular flexibility index (Phi) is 12.4. The summed E-state index contributed by atoms with van der Waals surface area (Å²) >= 11 is 12.6. The minimum absolute atomic E-state index is 0.0166. The van der Waals surface area contributed by atoms with Crippen LogP contribution in [0.2, 0.25) is 10.0 Å². The number of hydrogen-bond donors (Lipinski definition) is 3. The second-order valence-corrected chi connectivity index (χ2v) is 20.4. The van der Waals surface area contributed by atoms with Crippen LogP contribution in [-0.2, 0) is 10.0 Å². The number of fused-ring (bicyclic) bond motifs is 1. The molecular formula is C46H51Cl2FN6O6S. The van der Waals surface area contributed by atoms with E-state index in [1.807, 2.05) is 18.2 Å². The molecule has 3 heterocycles. The number of carbonyl (C=O) groups is 1. The molecule has 3 aromatic carbocycles. The number of nitrogens with one attached hydrogen (secondary N) is 2. The highest BCUT2D eigenvalue weighted by Crippen LogP contribution is 2.44. The van der Waals surface area contributed by atoms with Crippen molar-refractivity contribution in [2.45, 2.75) is 81.9 Å². The summed E-state index contributed by atoms with van der Waals surface area (Å²) < 4.78 is 56.7. The molecular weight excluding hydrogens is 855 g/mol. The van der Waals surface area contributed by atoms with Crippen LogP contribution in [0.1, 0.15) is 81.6 Å². The average molecular weight is 906 g/mol. The van der Waals surface area contributed by atoms with Gasteiger partial charge in [0.05, 0.1) is 34.5 Å². The highest BCUT2D eigenvalue weighted by Gasteiger charge is 2.41. The SMILES string of the molecule is CC1(C)CCC(CN2CCN(c3ccc(C(=O)NS(=O)(=O)c4cnc(OC[C@]5(F)CC[C@@](C)(O)CC5)c(Cl)c4)c(Oc4cccc5[nH]ncc45)c3)CC2)=C(c2ccc(Cl)cc2)C1. The van der Waals surface area contributed by atoms with E-state index in [4.69, 9.17) is 32.7 Å². The molecule has 0 unspecified atom stereocenters. The number of anilines is 1. The fraction of sp³-hybridized carbons (Fsp3) is 0.413. The van der Waals surface area contributed by atoms with Gasteiger partial charge in [0.2, 0.25) is 5.88 Å². The van der Waals surface area contributed by atoms with Crippen LogP contribution in [0, 0.1) is 5.41 Å². The number of aliphatic hydroxyl groups is 1. The highest BCUT2D eigenvalue weighted by molar-refractivity contribution is 7.90. The first-order valence-corrected chi connectivity index (χ1v) is 23.1. The predicted octanol–water partition coefficient (Wildman–Crippen LogP) is 9.37. The smallest absolute Gasteiger partial charge is 0.268 e. The number of carbonyl (C=O) groups excluding carboxylic acids is 1. The topological polar surface area (TPSA) is 150 Å². The molecule has 16 heteroatoms. The molecule has 3 aliphatic rings. The molecule has 12 nitrogen and oxygen atoms in total. The zero-order chi connectivity index (χ0) is 43.9. The molecule has 1 amide bonds. The maximum absolute atomic E-state index is 15.4. The zero-order valence-electron chi connectivity index (χ0n) is 35.0. The Morgan fingerprint density at radius 1 is 0.935 bits per heavy atom. The number of piperazine rings is 1. The van der Waals surface area contributed by atoms with Gasteiger partial charge in [0.15, 0.2) is 0 Å². The lowest BCUT2D eigenvalue weighted by Gasteiger charge is -2.39. The van der Waals surface area contributed by atoms with Crippen LogP contribution in [0.15, 0.2) is 89.6 Å². The number of halogens is 3. The first-order chi connectivity index (χ1) is 29.4. The van der Waals surface area contributed by atoms with Crippen molar-refractivity contribution in [3.8, 4) is 17.4 Å². The minimum Gasteiger partial charge on any atom is -0.473 e. The quantitative estimate of drug-likeness (QED) is 0.111. The van der Waals surface area contributed by atoms with E-state index in [2.05, 4.69) is 55.7 Å². The lowest BCUT2D eigenvalue weighted by atomic mass is 9.72. The molecule has 2 fully saturated rings. The average Bonchev–Trinajstić information content (AvgIpc) is 3.73. The number of nitrogens with zero attached hydrogens (tertiary/aromatic N) is 4.